The number of para-hydroxylation sites is 1. The van der Waals surface area contributed by atoms with Gasteiger partial charge in [-0.25, -0.2) is 0 Å². The van der Waals surface area contributed by atoms with Gasteiger partial charge in [0.25, 0.3) is 0 Å². The number of hydrogen-bond acceptors (Lipinski definition) is 2. The van der Waals surface area contributed by atoms with Crippen molar-refractivity contribution in [2.24, 2.45) is 5.92 Å². The summed E-state index contributed by atoms with van der Waals surface area (Å²) in [6, 6.07) is 10.8. The molecule has 1 aromatic carbocycles. The molecule has 0 radical (unpaired) electrons. The third-order valence-corrected chi connectivity index (χ3v) is 3.66. The van der Waals surface area contributed by atoms with E-state index < -0.39 is 0 Å². The van der Waals surface area contributed by atoms with Gasteiger partial charge in [0.2, 0.25) is 0 Å². The molecule has 1 heterocycles. The fourth-order valence-electron chi connectivity index (χ4n) is 2.29. The number of hydrogen-bond donors (Lipinski definition) is 0. The second kappa shape index (κ2) is 5.35. The second-order valence-electron chi connectivity index (χ2n) is 4.70. The van der Waals surface area contributed by atoms with Crippen molar-refractivity contribution in [3.8, 4) is 5.75 Å². The number of likely N-dealkylation sites (tertiary alicyclic amines) is 1. The number of nitrogens with zero attached hydrogens (tertiary/aromatic N) is 1. The summed E-state index contributed by atoms with van der Waals surface area (Å²) in [6.07, 6.45) is 1.33. The first-order valence-corrected chi connectivity index (χ1v) is 6.19. The summed E-state index contributed by atoms with van der Waals surface area (Å²) >= 11 is 0. The molecule has 2 heteroatoms. The number of rotatable bonds is 4. The highest BCUT2D eigenvalue weighted by Crippen LogP contribution is 2.22. The molecule has 0 aliphatic carbocycles. The van der Waals surface area contributed by atoms with E-state index >= 15 is 0 Å². The molecule has 0 spiro atoms. The molecule has 0 bridgehead atoms. The Labute approximate surface area is 98.2 Å². The third kappa shape index (κ3) is 2.76. The van der Waals surface area contributed by atoms with Crippen molar-refractivity contribution < 1.29 is 4.74 Å². The molecule has 2 atom stereocenters. The van der Waals surface area contributed by atoms with Crippen molar-refractivity contribution in [1.82, 2.24) is 4.90 Å². The Balaban J connectivity index is 1.73. The standard InChI is InChI=1S/C14H21NO/c1-12-8-9-15(13(12)2)10-11-16-14-6-4-3-5-7-14/h3-7,12-13H,8-11H2,1-2H3/t12-,13+/m0/s1. The van der Waals surface area contributed by atoms with Crippen LogP contribution in [0, 0.1) is 5.92 Å². The minimum atomic E-state index is 0.708. The Kier molecular flexibility index (Phi) is 3.83. The van der Waals surface area contributed by atoms with Crippen molar-refractivity contribution in [1.29, 1.82) is 0 Å². The molecule has 1 fully saturated rings. The average molecular weight is 219 g/mol. The summed E-state index contributed by atoms with van der Waals surface area (Å²) in [4.78, 5) is 2.52. The zero-order valence-corrected chi connectivity index (χ0v) is 10.2. The van der Waals surface area contributed by atoms with Crippen LogP contribution in [0.2, 0.25) is 0 Å². The molecule has 1 aliphatic rings. The van der Waals surface area contributed by atoms with Crippen LogP contribution in [0.5, 0.6) is 5.75 Å². The molecule has 0 amide bonds. The highest BCUT2D eigenvalue weighted by molar-refractivity contribution is 5.20. The lowest BCUT2D eigenvalue weighted by molar-refractivity contribution is 0.194. The fraction of sp³-hybridized carbons (Fsp3) is 0.571. The SMILES string of the molecule is C[C@@H]1[C@@H](C)CCN1CCOc1ccccc1. The minimum absolute atomic E-state index is 0.708. The Bertz CT molecular complexity index is 312. The molecular weight excluding hydrogens is 198 g/mol. The zero-order chi connectivity index (χ0) is 11.4. The van der Waals surface area contributed by atoms with E-state index in [1.165, 1.54) is 13.0 Å². The van der Waals surface area contributed by atoms with E-state index in [4.69, 9.17) is 4.74 Å². The van der Waals surface area contributed by atoms with Crippen LogP contribution in [0.3, 0.4) is 0 Å². The normalized spacial score (nSPS) is 25.9. The summed E-state index contributed by atoms with van der Waals surface area (Å²) in [7, 11) is 0. The van der Waals surface area contributed by atoms with Crippen LogP contribution >= 0.6 is 0 Å². The van der Waals surface area contributed by atoms with Gasteiger partial charge in [-0.05, 0) is 37.9 Å². The van der Waals surface area contributed by atoms with Gasteiger partial charge in [0.05, 0.1) is 0 Å². The van der Waals surface area contributed by atoms with E-state index in [1.54, 1.807) is 0 Å². The van der Waals surface area contributed by atoms with Crippen LogP contribution in [-0.2, 0) is 0 Å². The number of ether oxygens (including phenoxy) is 1. The minimum Gasteiger partial charge on any atom is -0.492 e. The lowest BCUT2D eigenvalue weighted by atomic mass is 10.1. The van der Waals surface area contributed by atoms with Crippen LogP contribution in [0.1, 0.15) is 20.3 Å². The highest BCUT2D eigenvalue weighted by atomic mass is 16.5. The summed E-state index contributed by atoms with van der Waals surface area (Å²) in [5.74, 6) is 1.80. The average Bonchev–Trinajstić information content (AvgIpc) is 2.62. The van der Waals surface area contributed by atoms with Gasteiger partial charge >= 0.3 is 0 Å². The van der Waals surface area contributed by atoms with Gasteiger partial charge in [-0.15, -0.1) is 0 Å². The van der Waals surface area contributed by atoms with Crippen molar-refractivity contribution in [2.75, 3.05) is 19.7 Å². The molecule has 1 aliphatic heterocycles. The molecule has 0 unspecified atom stereocenters. The van der Waals surface area contributed by atoms with E-state index in [2.05, 4.69) is 18.7 Å². The van der Waals surface area contributed by atoms with E-state index in [0.29, 0.717) is 6.04 Å². The monoisotopic (exact) mass is 219 g/mol. The Morgan fingerprint density at radius 2 is 2.00 bits per heavy atom. The van der Waals surface area contributed by atoms with E-state index in [0.717, 1.165) is 24.8 Å². The van der Waals surface area contributed by atoms with Crippen LogP contribution < -0.4 is 4.74 Å². The Morgan fingerprint density at radius 3 is 2.62 bits per heavy atom. The zero-order valence-electron chi connectivity index (χ0n) is 10.2. The molecule has 0 aromatic heterocycles. The summed E-state index contributed by atoms with van der Waals surface area (Å²) in [5, 5.41) is 0. The van der Waals surface area contributed by atoms with Gasteiger partial charge in [-0.1, -0.05) is 25.1 Å². The molecule has 16 heavy (non-hydrogen) atoms. The molecule has 1 aromatic rings. The first kappa shape index (κ1) is 11.5. The maximum atomic E-state index is 5.71. The molecule has 2 nitrogen and oxygen atoms in total. The van der Waals surface area contributed by atoms with Crippen LogP contribution in [0.4, 0.5) is 0 Å². The smallest absolute Gasteiger partial charge is 0.119 e. The van der Waals surface area contributed by atoms with E-state index in [9.17, 15) is 0 Å². The lowest BCUT2D eigenvalue weighted by Gasteiger charge is -2.22. The van der Waals surface area contributed by atoms with Crippen molar-refractivity contribution >= 4 is 0 Å². The van der Waals surface area contributed by atoms with E-state index in [-0.39, 0.29) is 0 Å². The number of benzene rings is 1. The van der Waals surface area contributed by atoms with Crippen molar-refractivity contribution in [3.63, 3.8) is 0 Å². The van der Waals surface area contributed by atoms with Gasteiger partial charge in [0.15, 0.2) is 0 Å². The van der Waals surface area contributed by atoms with Gasteiger partial charge in [-0.3, -0.25) is 4.90 Å². The molecule has 0 N–H and O–H groups in total. The first-order valence-electron chi connectivity index (χ1n) is 6.19. The largest absolute Gasteiger partial charge is 0.492 e. The maximum absolute atomic E-state index is 5.71. The lowest BCUT2D eigenvalue weighted by Crippen LogP contribution is -2.33. The second-order valence-corrected chi connectivity index (χ2v) is 4.70. The predicted octanol–water partition coefficient (Wildman–Crippen LogP) is 2.80. The van der Waals surface area contributed by atoms with Gasteiger partial charge in [-0.2, -0.15) is 0 Å². The van der Waals surface area contributed by atoms with Crippen molar-refractivity contribution in [3.05, 3.63) is 30.3 Å². The summed E-state index contributed by atoms with van der Waals surface area (Å²) in [5.41, 5.74) is 0. The van der Waals surface area contributed by atoms with E-state index in [1.807, 2.05) is 30.3 Å². The highest BCUT2D eigenvalue weighted by Gasteiger charge is 2.26. The summed E-state index contributed by atoms with van der Waals surface area (Å²) in [6.45, 7) is 7.71. The van der Waals surface area contributed by atoms with Gasteiger partial charge < -0.3 is 4.74 Å². The fourth-order valence-corrected chi connectivity index (χ4v) is 2.29. The van der Waals surface area contributed by atoms with Crippen molar-refractivity contribution in [2.45, 2.75) is 26.3 Å². The van der Waals surface area contributed by atoms with Gasteiger partial charge in [0, 0.05) is 12.6 Å². The van der Waals surface area contributed by atoms with Crippen LogP contribution in [-0.4, -0.2) is 30.6 Å². The predicted molar refractivity (Wildman–Crippen MR) is 66.8 cm³/mol. The molecule has 1 saturated heterocycles. The molecular formula is C14H21NO. The molecule has 88 valence electrons. The Morgan fingerprint density at radius 1 is 1.25 bits per heavy atom. The Hall–Kier alpha value is -1.02. The third-order valence-electron chi connectivity index (χ3n) is 3.66. The summed E-state index contributed by atoms with van der Waals surface area (Å²) < 4.78 is 5.71. The van der Waals surface area contributed by atoms with Crippen LogP contribution in [0.25, 0.3) is 0 Å². The first-order chi connectivity index (χ1) is 7.77. The van der Waals surface area contributed by atoms with Crippen LogP contribution in [0.15, 0.2) is 30.3 Å². The van der Waals surface area contributed by atoms with Gasteiger partial charge in [0.1, 0.15) is 12.4 Å². The topological polar surface area (TPSA) is 12.5 Å². The molecule has 2 rings (SSSR count). The quantitative estimate of drug-likeness (QED) is 0.772. The molecule has 0 saturated carbocycles. The maximum Gasteiger partial charge on any atom is 0.119 e.